The summed E-state index contributed by atoms with van der Waals surface area (Å²) in [6.45, 7) is 0. The SMILES string of the molecule is COc1ccc(Cl)c2sc(NC(=O)c3cc4ccccc4o3)nc12. The summed E-state index contributed by atoms with van der Waals surface area (Å²) in [7, 11) is 1.56. The number of halogens is 1. The number of hydrogen-bond donors (Lipinski definition) is 1. The Morgan fingerprint density at radius 3 is 2.92 bits per heavy atom. The van der Waals surface area contributed by atoms with Gasteiger partial charge in [-0.1, -0.05) is 41.1 Å². The lowest BCUT2D eigenvalue weighted by Gasteiger charge is -2.00. The van der Waals surface area contributed by atoms with Crippen molar-refractivity contribution in [2.45, 2.75) is 0 Å². The zero-order valence-corrected chi connectivity index (χ0v) is 14.1. The van der Waals surface area contributed by atoms with Crippen LogP contribution in [0.5, 0.6) is 5.75 Å². The number of aromatic nitrogens is 1. The second kappa shape index (κ2) is 5.81. The van der Waals surface area contributed by atoms with Crippen LogP contribution in [0.4, 0.5) is 5.13 Å². The summed E-state index contributed by atoms with van der Waals surface area (Å²) >= 11 is 7.48. The van der Waals surface area contributed by atoms with E-state index >= 15 is 0 Å². The molecule has 0 aliphatic carbocycles. The van der Waals surface area contributed by atoms with Crippen molar-refractivity contribution in [2.24, 2.45) is 0 Å². The standard InChI is InChI=1S/C17H11ClN2O3S/c1-22-12-7-6-10(18)15-14(12)19-17(24-15)20-16(21)13-8-9-4-2-3-5-11(9)23-13/h2-8H,1H3,(H,19,20,21). The van der Waals surface area contributed by atoms with Gasteiger partial charge in [-0.25, -0.2) is 4.98 Å². The Labute approximate surface area is 145 Å². The fourth-order valence-corrected chi connectivity index (χ4v) is 3.57. The predicted molar refractivity (Wildman–Crippen MR) is 95.3 cm³/mol. The Hall–Kier alpha value is -2.57. The number of hydrogen-bond acceptors (Lipinski definition) is 5. The van der Waals surface area contributed by atoms with E-state index in [0.29, 0.717) is 27.0 Å². The number of benzene rings is 2. The van der Waals surface area contributed by atoms with Gasteiger partial charge in [-0.2, -0.15) is 0 Å². The molecule has 0 atom stereocenters. The number of rotatable bonds is 3. The largest absolute Gasteiger partial charge is 0.494 e. The van der Waals surface area contributed by atoms with Gasteiger partial charge in [0.25, 0.3) is 5.91 Å². The maximum Gasteiger partial charge on any atom is 0.293 e. The van der Waals surface area contributed by atoms with Crippen molar-refractivity contribution in [2.75, 3.05) is 12.4 Å². The Morgan fingerprint density at radius 2 is 2.12 bits per heavy atom. The monoisotopic (exact) mass is 358 g/mol. The van der Waals surface area contributed by atoms with E-state index in [2.05, 4.69) is 10.3 Å². The molecule has 0 saturated carbocycles. The van der Waals surface area contributed by atoms with Gasteiger partial charge < -0.3 is 9.15 Å². The number of methoxy groups -OCH3 is 1. The predicted octanol–water partition coefficient (Wildman–Crippen LogP) is 4.96. The third-order valence-electron chi connectivity index (χ3n) is 3.55. The van der Waals surface area contributed by atoms with Crippen molar-refractivity contribution in [3.63, 3.8) is 0 Å². The summed E-state index contributed by atoms with van der Waals surface area (Å²) in [5.41, 5.74) is 1.28. The number of ether oxygens (including phenoxy) is 1. The molecule has 2 aromatic carbocycles. The molecule has 1 N–H and O–H groups in total. The highest BCUT2D eigenvalue weighted by atomic mass is 35.5. The van der Waals surface area contributed by atoms with Crippen molar-refractivity contribution < 1.29 is 13.9 Å². The van der Waals surface area contributed by atoms with Gasteiger partial charge in [-0.3, -0.25) is 10.1 Å². The number of thiazole rings is 1. The molecule has 2 heterocycles. The Kier molecular flexibility index (Phi) is 3.63. The first kappa shape index (κ1) is 15.0. The van der Waals surface area contributed by atoms with Gasteiger partial charge >= 0.3 is 0 Å². The smallest absolute Gasteiger partial charge is 0.293 e. The van der Waals surface area contributed by atoms with Crippen molar-refractivity contribution in [3.8, 4) is 5.75 Å². The zero-order valence-electron chi connectivity index (χ0n) is 12.5. The highest BCUT2D eigenvalue weighted by molar-refractivity contribution is 7.23. The molecule has 120 valence electrons. The van der Waals surface area contributed by atoms with Crippen LogP contribution in [0.15, 0.2) is 46.9 Å². The van der Waals surface area contributed by atoms with Crippen LogP contribution in [0.1, 0.15) is 10.6 Å². The van der Waals surface area contributed by atoms with Gasteiger partial charge in [0.2, 0.25) is 0 Å². The van der Waals surface area contributed by atoms with Crippen LogP contribution >= 0.6 is 22.9 Å². The van der Waals surface area contributed by atoms with Gasteiger partial charge in [0.1, 0.15) is 16.8 Å². The first-order chi connectivity index (χ1) is 11.7. The molecule has 24 heavy (non-hydrogen) atoms. The number of amides is 1. The van der Waals surface area contributed by atoms with E-state index in [9.17, 15) is 4.79 Å². The van der Waals surface area contributed by atoms with Crippen molar-refractivity contribution in [1.29, 1.82) is 0 Å². The van der Waals surface area contributed by atoms with E-state index < -0.39 is 0 Å². The topological polar surface area (TPSA) is 64.4 Å². The van der Waals surface area contributed by atoms with Crippen LogP contribution in [0, 0.1) is 0 Å². The van der Waals surface area contributed by atoms with Gasteiger partial charge in [0, 0.05) is 5.39 Å². The van der Waals surface area contributed by atoms with E-state index in [0.717, 1.165) is 10.1 Å². The van der Waals surface area contributed by atoms with Gasteiger partial charge in [0.05, 0.1) is 16.8 Å². The molecule has 4 rings (SSSR count). The van der Waals surface area contributed by atoms with Gasteiger partial charge in [-0.05, 0) is 24.3 Å². The average molecular weight is 359 g/mol. The van der Waals surface area contributed by atoms with Gasteiger partial charge in [-0.15, -0.1) is 0 Å². The minimum absolute atomic E-state index is 0.230. The highest BCUT2D eigenvalue weighted by Gasteiger charge is 2.17. The third kappa shape index (κ3) is 2.50. The number of anilines is 1. The second-order valence-electron chi connectivity index (χ2n) is 5.05. The fraction of sp³-hybridized carbons (Fsp3) is 0.0588. The van der Waals surface area contributed by atoms with E-state index in [1.165, 1.54) is 11.3 Å². The number of furan rings is 1. The van der Waals surface area contributed by atoms with Crippen LogP contribution in [0.3, 0.4) is 0 Å². The molecule has 0 fully saturated rings. The number of para-hydroxylation sites is 1. The van der Waals surface area contributed by atoms with Crippen LogP contribution in [-0.4, -0.2) is 18.0 Å². The summed E-state index contributed by atoms with van der Waals surface area (Å²) in [6.07, 6.45) is 0. The first-order valence-corrected chi connectivity index (χ1v) is 8.28. The second-order valence-corrected chi connectivity index (χ2v) is 6.46. The molecule has 0 aliphatic heterocycles. The summed E-state index contributed by atoms with van der Waals surface area (Å²) < 4.78 is 11.6. The maximum atomic E-state index is 12.4. The number of carbonyl (C=O) groups is 1. The molecular formula is C17H11ClN2O3S. The molecule has 0 spiro atoms. The number of carbonyl (C=O) groups excluding carboxylic acids is 1. The van der Waals surface area contributed by atoms with Crippen molar-refractivity contribution in [3.05, 3.63) is 53.2 Å². The van der Waals surface area contributed by atoms with E-state index in [-0.39, 0.29) is 11.7 Å². The Morgan fingerprint density at radius 1 is 1.29 bits per heavy atom. The molecule has 0 aliphatic rings. The minimum atomic E-state index is -0.361. The Bertz CT molecular complexity index is 1040. The van der Waals surface area contributed by atoms with Crippen molar-refractivity contribution in [1.82, 2.24) is 4.98 Å². The summed E-state index contributed by atoms with van der Waals surface area (Å²) in [5, 5.41) is 4.61. The van der Waals surface area contributed by atoms with Crippen molar-refractivity contribution >= 4 is 55.2 Å². The molecule has 0 unspecified atom stereocenters. The van der Waals surface area contributed by atoms with E-state index in [4.69, 9.17) is 20.8 Å². The van der Waals surface area contributed by atoms with E-state index in [1.807, 2.05) is 24.3 Å². The zero-order chi connectivity index (χ0) is 16.7. The molecule has 0 bridgehead atoms. The highest BCUT2D eigenvalue weighted by Crippen LogP contribution is 2.37. The fourth-order valence-electron chi connectivity index (χ4n) is 2.42. The molecule has 1 amide bonds. The average Bonchev–Trinajstić information content (AvgIpc) is 3.19. The van der Waals surface area contributed by atoms with E-state index in [1.54, 1.807) is 25.3 Å². The molecule has 2 aromatic heterocycles. The molecule has 7 heteroatoms. The molecule has 4 aromatic rings. The lowest BCUT2D eigenvalue weighted by Crippen LogP contribution is -2.10. The lowest BCUT2D eigenvalue weighted by molar-refractivity contribution is 0.0998. The number of nitrogens with zero attached hydrogens (tertiary/aromatic N) is 1. The third-order valence-corrected chi connectivity index (χ3v) is 4.98. The van der Waals surface area contributed by atoms with Crippen LogP contribution in [0.2, 0.25) is 5.02 Å². The number of nitrogens with one attached hydrogen (secondary N) is 1. The van der Waals surface area contributed by atoms with Gasteiger partial charge in [0.15, 0.2) is 10.9 Å². The Balaban J connectivity index is 1.68. The first-order valence-electron chi connectivity index (χ1n) is 7.08. The summed E-state index contributed by atoms with van der Waals surface area (Å²) in [6, 6.07) is 12.6. The quantitative estimate of drug-likeness (QED) is 0.562. The minimum Gasteiger partial charge on any atom is -0.494 e. The van der Waals surface area contributed by atoms with Crippen LogP contribution < -0.4 is 10.1 Å². The normalized spacial score (nSPS) is 11.1. The maximum absolute atomic E-state index is 12.4. The molecule has 0 radical (unpaired) electrons. The van der Waals surface area contributed by atoms with Crippen LogP contribution in [-0.2, 0) is 0 Å². The lowest BCUT2D eigenvalue weighted by atomic mass is 10.2. The molecular weight excluding hydrogens is 348 g/mol. The summed E-state index contributed by atoms with van der Waals surface area (Å²) in [4.78, 5) is 16.8. The van der Waals surface area contributed by atoms with Crippen LogP contribution in [0.25, 0.3) is 21.2 Å². The number of fused-ring (bicyclic) bond motifs is 2. The molecule has 5 nitrogen and oxygen atoms in total. The summed E-state index contributed by atoms with van der Waals surface area (Å²) in [5.74, 6) is 0.476. The molecule has 0 saturated heterocycles.